The van der Waals surface area contributed by atoms with Gasteiger partial charge in [-0.05, 0) is 23.8 Å². The first-order chi connectivity index (χ1) is 9.34. The molecule has 0 radical (unpaired) electrons. The van der Waals surface area contributed by atoms with Gasteiger partial charge < -0.3 is 5.32 Å². The number of carbonyl (C=O) groups excluding carboxylic acids is 1. The maximum Gasteiger partial charge on any atom is 0.157 e. The summed E-state index contributed by atoms with van der Waals surface area (Å²) in [7, 11) is 0. The quantitative estimate of drug-likeness (QED) is 0.792. The van der Waals surface area contributed by atoms with Gasteiger partial charge in [-0.25, -0.2) is 0 Å². The topological polar surface area (TPSA) is 29.1 Å². The molecule has 2 rings (SSSR count). The number of rotatable bonds is 6. The zero-order chi connectivity index (χ0) is 13.3. The van der Waals surface area contributed by atoms with E-state index < -0.39 is 0 Å². The van der Waals surface area contributed by atoms with Crippen molar-refractivity contribution in [1.29, 1.82) is 0 Å². The fourth-order valence-corrected chi connectivity index (χ4v) is 1.72. The monoisotopic (exact) mass is 251 g/mol. The van der Waals surface area contributed by atoms with Gasteiger partial charge >= 0.3 is 0 Å². The number of anilines is 1. The Morgan fingerprint density at radius 2 is 1.58 bits per heavy atom. The molecule has 0 unspecified atom stereocenters. The summed E-state index contributed by atoms with van der Waals surface area (Å²) in [6, 6.07) is 19.7. The first-order valence-corrected chi connectivity index (χ1v) is 6.39. The highest BCUT2D eigenvalue weighted by molar-refractivity contribution is 5.93. The fraction of sp³-hybridized carbons (Fsp3) is 0.118. The van der Waals surface area contributed by atoms with Crippen molar-refractivity contribution in [2.24, 2.45) is 0 Å². The second kappa shape index (κ2) is 7.17. The van der Waals surface area contributed by atoms with Gasteiger partial charge in [0.15, 0.2) is 5.78 Å². The van der Waals surface area contributed by atoms with E-state index in [1.54, 1.807) is 6.08 Å². The van der Waals surface area contributed by atoms with Gasteiger partial charge in [0, 0.05) is 18.7 Å². The number of benzene rings is 2. The van der Waals surface area contributed by atoms with E-state index in [1.165, 1.54) is 0 Å². The molecule has 2 heteroatoms. The van der Waals surface area contributed by atoms with Crippen LogP contribution in [0.2, 0.25) is 0 Å². The third-order valence-corrected chi connectivity index (χ3v) is 2.74. The Morgan fingerprint density at radius 3 is 2.26 bits per heavy atom. The minimum atomic E-state index is 0.132. The van der Waals surface area contributed by atoms with Crippen LogP contribution in [0.4, 0.5) is 5.69 Å². The summed E-state index contributed by atoms with van der Waals surface area (Å²) in [4.78, 5) is 11.7. The Kier molecular flexibility index (Phi) is 4.94. The van der Waals surface area contributed by atoms with E-state index in [9.17, 15) is 4.79 Å². The Morgan fingerprint density at radius 1 is 0.947 bits per heavy atom. The van der Waals surface area contributed by atoms with Crippen molar-refractivity contribution in [1.82, 2.24) is 0 Å². The molecule has 0 fully saturated rings. The summed E-state index contributed by atoms with van der Waals surface area (Å²) in [6.07, 6.45) is 3.99. The van der Waals surface area contributed by atoms with Gasteiger partial charge in [-0.3, -0.25) is 4.79 Å². The lowest BCUT2D eigenvalue weighted by atomic mass is 10.2. The molecular formula is C17H17NO. The Balaban J connectivity index is 1.75. The lowest BCUT2D eigenvalue weighted by Gasteiger charge is -2.03. The van der Waals surface area contributed by atoms with Crippen molar-refractivity contribution < 1.29 is 4.79 Å². The normalized spacial score (nSPS) is 10.5. The van der Waals surface area contributed by atoms with Gasteiger partial charge in [-0.1, -0.05) is 54.6 Å². The average Bonchev–Trinajstić information content (AvgIpc) is 2.47. The molecule has 0 aliphatic rings. The minimum absolute atomic E-state index is 0.132. The van der Waals surface area contributed by atoms with E-state index >= 15 is 0 Å². The average molecular weight is 251 g/mol. The van der Waals surface area contributed by atoms with Gasteiger partial charge in [0.05, 0.1) is 0 Å². The van der Waals surface area contributed by atoms with Crippen LogP contribution < -0.4 is 5.32 Å². The van der Waals surface area contributed by atoms with Crippen LogP contribution >= 0.6 is 0 Å². The molecule has 19 heavy (non-hydrogen) atoms. The van der Waals surface area contributed by atoms with Gasteiger partial charge in [-0.15, -0.1) is 0 Å². The van der Waals surface area contributed by atoms with E-state index in [1.807, 2.05) is 66.7 Å². The molecule has 2 aromatic rings. The molecule has 0 amide bonds. The number of ketones is 1. The number of hydrogen-bond acceptors (Lipinski definition) is 2. The fourth-order valence-electron chi connectivity index (χ4n) is 1.72. The number of carbonyl (C=O) groups is 1. The molecule has 0 saturated heterocycles. The molecule has 1 N–H and O–H groups in total. The van der Waals surface area contributed by atoms with Crippen LogP contribution in [-0.4, -0.2) is 12.3 Å². The third kappa shape index (κ3) is 4.80. The van der Waals surface area contributed by atoms with Crippen molar-refractivity contribution in [2.75, 3.05) is 11.9 Å². The molecule has 0 heterocycles. The van der Waals surface area contributed by atoms with Gasteiger partial charge in [0.1, 0.15) is 0 Å². The predicted molar refractivity (Wildman–Crippen MR) is 80.0 cm³/mol. The zero-order valence-corrected chi connectivity index (χ0v) is 10.8. The van der Waals surface area contributed by atoms with Crippen molar-refractivity contribution in [3.8, 4) is 0 Å². The highest BCUT2D eigenvalue weighted by Crippen LogP contribution is 2.05. The molecule has 0 saturated carbocycles. The van der Waals surface area contributed by atoms with Gasteiger partial charge in [0.2, 0.25) is 0 Å². The Bertz CT molecular complexity index is 532. The van der Waals surface area contributed by atoms with Crippen LogP contribution in [0.25, 0.3) is 6.08 Å². The molecule has 0 aliphatic heterocycles. The lowest BCUT2D eigenvalue weighted by molar-refractivity contribution is -0.114. The van der Waals surface area contributed by atoms with Crippen molar-refractivity contribution in [3.63, 3.8) is 0 Å². The smallest absolute Gasteiger partial charge is 0.157 e. The summed E-state index contributed by atoms with van der Waals surface area (Å²) in [5, 5.41) is 3.22. The first kappa shape index (κ1) is 13.1. The molecule has 0 spiro atoms. The zero-order valence-electron chi connectivity index (χ0n) is 10.8. The summed E-state index contributed by atoms with van der Waals surface area (Å²) >= 11 is 0. The molecule has 0 aliphatic carbocycles. The number of hydrogen-bond donors (Lipinski definition) is 1. The van der Waals surface area contributed by atoms with Crippen LogP contribution in [0.5, 0.6) is 0 Å². The molecule has 2 aromatic carbocycles. The first-order valence-electron chi connectivity index (χ1n) is 6.39. The predicted octanol–water partition coefficient (Wildman–Crippen LogP) is 3.77. The second-order valence-corrected chi connectivity index (χ2v) is 4.25. The van der Waals surface area contributed by atoms with Crippen molar-refractivity contribution in [2.45, 2.75) is 6.42 Å². The maximum atomic E-state index is 11.7. The molecule has 2 nitrogen and oxygen atoms in total. The number of nitrogens with one attached hydrogen (secondary N) is 1. The summed E-state index contributed by atoms with van der Waals surface area (Å²) in [6.45, 7) is 0.655. The maximum absolute atomic E-state index is 11.7. The van der Waals surface area contributed by atoms with E-state index in [0.717, 1.165) is 11.3 Å². The Hall–Kier alpha value is -2.35. The summed E-state index contributed by atoms with van der Waals surface area (Å²) < 4.78 is 0. The molecule has 0 aromatic heterocycles. The van der Waals surface area contributed by atoms with Crippen molar-refractivity contribution >= 4 is 17.5 Å². The summed E-state index contributed by atoms with van der Waals surface area (Å²) in [5.74, 6) is 0.132. The lowest BCUT2D eigenvalue weighted by Crippen LogP contribution is -2.06. The standard InChI is InChI=1S/C17H17NO/c19-17(12-11-15-7-3-1-4-8-15)13-14-18-16-9-5-2-6-10-16/h1-12,18H,13-14H2/b12-11+. The third-order valence-electron chi connectivity index (χ3n) is 2.74. The van der Waals surface area contributed by atoms with E-state index in [4.69, 9.17) is 0 Å². The molecule has 96 valence electrons. The van der Waals surface area contributed by atoms with Crippen LogP contribution in [0.15, 0.2) is 66.7 Å². The van der Waals surface area contributed by atoms with E-state index in [-0.39, 0.29) is 5.78 Å². The Labute approximate surface area is 113 Å². The van der Waals surface area contributed by atoms with Crippen LogP contribution in [0, 0.1) is 0 Å². The summed E-state index contributed by atoms with van der Waals surface area (Å²) in [5.41, 5.74) is 2.09. The molecule has 0 bridgehead atoms. The minimum Gasteiger partial charge on any atom is -0.385 e. The molecular weight excluding hydrogens is 234 g/mol. The van der Waals surface area contributed by atoms with Gasteiger partial charge in [0.25, 0.3) is 0 Å². The SMILES string of the molecule is O=C(/C=C/c1ccccc1)CCNc1ccccc1. The van der Waals surface area contributed by atoms with E-state index in [0.29, 0.717) is 13.0 Å². The largest absolute Gasteiger partial charge is 0.385 e. The van der Waals surface area contributed by atoms with Crippen LogP contribution in [0.1, 0.15) is 12.0 Å². The number of para-hydroxylation sites is 1. The number of allylic oxidation sites excluding steroid dienone is 1. The highest BCUT2D eigenvalue weighted by atomic mass is 16.1. The van der Waals surface area contributed by atoms with Crippen LogP contribution in [-0.2, 0) is 4.79 Å². The van der Waals surface area contributed by atoms with Crippen molar-refractivity contribution in [3.05, 3.63) is 72.3 Å². The molecule has 0 atom stereocenters. The van der Waals surface area contributed by atoms with Crippen LogP contribution in [0.3, 0.4) is 0 Å². The second-order valence-electron chi connectivity index (χ2n) is 4.25. The highest BCUT2D eigenvalue weighted by Gasteiger charge is 1.96. The van der Waals surface area contributed by atoms with Gasteiger partial charge in [-0.2, -0.15) is 0 Å². The van der Waals surface area contributed by atoms with E-state index in [2.05, 4.69) is 5.32 Å².